The van der Waals surface area contributed by atoms with Crippen molar-refractivity contribution in [2.24, 2.45) is 0 Å². The van der Waals surface area contributed by atoms with Gasteiger partial charge in [-0.05, 0) is 25.5 Å². The van der Waals surface area contributed by atoms with Crippen molar-refractivity contribution in [1.82, 2.24) is 25.1 Å². The van der Waals surface area contributed by atoms with Crippen molar-refractivity contribution in [2.45, 2.75) is 51.2 Å². The van der Waals surface area contributed by atoms with E-state index in [9.17, 15) is 9.59 Å². The summed E-state index contributed by atoms with van der Waals surface area (Å²) in [5, 5.41) is 9.00. The normalized spacial score (nSPS) is 13.8. The Kier molecular flexibility index (Phi) is 7.68. The van der Waals surface area contributed by atoms with Crippen LogP contribution in [0.3, 0.4) is 0 Å². The summed E-state index contributed by atoms with van der Waals surface area (Å²) in [5.74, 6) is 1.32. The molecule has 3 rings (SSSR count). The predicted octanol–water partition coefficient (Wildman–Crippen LogP) is 2.00. The molecule has 0 saturated carbocycles. The van der Waals surface area contributed by atoms with Crippen LogP contribution in [0.4, 0.5) is 5.82 Å². The number of carbonyl (C=O) groups excluding carboxylic acids is 2. The first-order chi connectivity index (χ1) is 14.1. The molecule has 0 bridgehead atoms. The lowest BCUT2D eigenvalue weighted by Crippen LogP contribution is -2.28. The Bertz CT molecular complexity index is 850. The summed E-state index contributed by atoms with van der Waals surface area (Å²) in [7, 11) is 0. The van der Waals surface area contributed by atoms with Gasteiger partial charge in [0.15, 0.2) is 10.8 Å². The minimum absolute atomic E-state index is 0.0917. The van der Waals surface area contributed by atoms with Crippen LogP contribution in [0.25, 0.3) is 11.0 Å². The zero-order valence-corrected chi connectivity index (χ0v) is 17.8. The zero-order chi connectivity index (χ0) is 20.6. The molecule has 0 unspecified atom stereocenters. The van der Waals surface area contributed by atoms with Crippen molar-refractivity contribution >= 4 is 40.5 Å². The van der Waals surface area contributed by atoms with E-state index in [1.165, 1.54) is 12.8 Å². The van der Waals surface area contributed by atoms with E-state index in [2.05, 4.69) is 27.2 Å². The molecule has 2 aromatic heterocycles. The highest BCUT2D eigenvalue weighted by Gasteiger charge is 2.20. The second-order valence-electron chi connectivity index (χ2n) is 6.72. The minimum Gasteiger partial charge on any atom is -0.466 e. The largest absolute Gasteiger partial charge is 0.466 e. The van der Waals surface area contributed by atoms with Crippen LogP contribution in [-0.4, -0.2) is 63.6 Å². The van der Waals surface area contributed by atoms with Gasteiger partial charge in [-0.25, -0.2) is 14.6 Å². The lowest BCUT2D eigenvalue weighted by atomic mass is 10.3. The first-order valence-corrected chi connectivity index (χ1v) is 11.1. The quantitative estimate of drug-likeness (QED) is 0.354. The first-order valence-electron chi connectivity index (χ1n) is 10.2. The van der Waals surface area contributed by atoms with E-state index in [0.717, 1.165) is 40.9 Å². The van der Waals surface area contributed by atoms with Crippen molar-refractivity contribution in [1.29, 1.82) is 0 Å². The molecule has 0 atom stereocenters. The van der Waals surface area contributed by atoms with Crippen molar-refractivity contribution in [2.75, 3.05) is 36.9 Å². The van der Waals surface area contributed by atoms with Crippen LogP contribution >= 0.6 is 11.8 Å². The SMILES string of the molecule is CCOC(=O)CCC(=O)NCCn1ncc2c(N3CCCC3)nc(SCC)nc21. The van der Waals surface area contributed by atoms with Crippen LogP contribution < -0.4 is 10.2 Å². The number of nitrogens with zero attached hydrogens (tertiary/aromatic N) is 5. The van der Waals surface area contributed by atoms with E-state index in [-0.39, 0.29) is 24.7 Å². The van der Waals surface area contributed by atoms with Gasteiger partial charge in [0.25, 0.3) is 0 Å². The number of hydrogen-bond donors (Lipinski definition) is 1. The molecule has 3 heterocycles. The zero-order valence-electron chi connectivity index (χ0n) is 17.0. The molecule has 0 radical (unpaired) electrons. The maximum absolute atomic E-state index is 11.9. The summed E-state index contributed by atoms with van der Waals surface area (Å²) >= 11 is 1.61. The maximum atomic E-state index is 11.9. The number of hydrogen-bond acceptors (Lipinski definition) is 8. The Morgan fingerprint density at radius 3 is 2.72 bits per heavy atom. The number of anilines is 1. The average molecular weight is 421 g/mol. The van der Waals surface area contributed by atoms with Gasteiger partial charge >= 0.3 is 5.97 Å². The van der Waals surface area contributed by atoms with Crippen molar-refractivity contribution in [3.05, 3.63) is 6.20 Å². The van der Waals surface area contributed by atoms with Gasteiger partial charge in [-0.2, -0.15) is 5.10 Å². The molecule has 1 N–H and O–H groups in total. The molecule has 1 aliphatic rings. The second kappa shape index (κ2) is 10.4. The molecular weight excluding hydrogens is 392 g/mol. The van der Waals surface area contributed by atoms with Crippen LogP contribution in [0.1, 0.15) is 39.5 Å². The molecular formula is C19H28N6O3S. The number of nitrogens with one attached hydrogen (secondary N) is 1. The number of amides is 1. The second-order valence-corrected chi connectivity index (χ2v) is 7.95. The molecule has 1 fully saturated rings. The highest BCUT2D eigenvalue weighted by Crippen LogP contribution is 2.29. The molecule has 29 heavy (non-hydrogen) atoms. The number of rotatable bonds is 10. The van der Waals surface area contributed by atoms with Crippen molar-refractivity contribution < 1.29 is 14.3 Å². The maximum Gasteiger partial charge on any atom is 0.306 e. The van der Waals surface area contributed by atoms with Gasteiger partial charge in [0, 0.05) is 26.1 Å². The number of fused-ring (bicyclic) bond motifs is 1. The molecule has 10 heteroatoms. The fraction of sp³-hybridized carbons (Fsp3) is 0.632. The monoisotopic (exact) mass is 420 g/mol. The third-order valence-electron chi connectivity index (χ3n) is 4.64. The van der Waals surface area contributed by atoms with Crippen LogP contribution in [0.2, 0.25) is 0 Å². The molecule has 1 aliphatic heterocycles. The average Bonchev–Trinajstić information content (AvgIpc) is 3.37. The number of thioether (sulfide) groups is 1. The van der Waals surface area contributed by atoms with Gasteiger partial charge in [0.1, 0.15) is 5.82 Å². The van der Waals surface area contributed by atoms with Gasteiger partial charge in [-0.15, -0.1) is 0 Å². The Labute approximate surface area is 174 Å². The molecule has 1 saturated heterocycles. The van der Waals surface area contributed by atoms with Gasteiger partial charge < -0.3 is 15.0 Å². The number of aromatic nitrogens is 4. The smallest absolute Gasteiger partial charge is 0.306 e. The number of ether oxygens (including phenoxy) is 1. The Hall–Kier alpha value is -2.36. The van der Waals surface area contributed by atoms with Crippen LogP contribution in [-0.2, 0) is 20.9 Å². The first kappa shape index (κ1) is 21.4. The topological polar surface area (TPSA) is 102 Å². The van der Waals surface area contributed by atoms with Gasteiger partial charge in [-0.1, -0.05) is 18.7 Å². The van der Waals surface area contributed by atoms with Crippen LogP contribution in [0, 0.1) is 0 Å². The summed E-state index contributed by atoms with van der Waals surface area (Å²) < 4.78 is 6.64. The Morgan fingerprint density at radius 2 is 2.00 bits per heavy atom. The molecule has 158 valence electrons. The van der Waals surface area contributed by atoms with E-state index in [4.69, 9.17) is 9.72 Å². The van der Waals surface area contributed by atoms with E-state index in [1.54, 1.807) is 18.7 Å². The Morgan fingerprint density at radius 1 is 1.21 bits per heavy atom. The lowest BCUT2D eigenvalue weighted by molar-refractivity contribution is -0.144. The van der Waals surface area contributed by atoms with Crippen LogP contribution in [0.5, 0.6) is 0 Å². The highest BCUT2D eigenvalue weighted by molar-refractivity contribution is 7.99. The van der Waals surface area contributed by atoms with Crippen LogP contribution in [0.15, 0.2) is 11.4 Å². The highest BCUT2D eigenvalue weighted by atomic mass is 32.2. The minimum atomic E-state index is -0.354. The van der Waals surface area contributed by atoms with E-state index in [0.29, 0.717) is 19.7 Å². The number of carbonyl (C=O) groups is 2. The van der Waals surface area contributed by atoms with E-state index >= 15 is 0 Å². The summed E-state index contributed by atoms with van der Waals surface area (Å²) in [6.45, 7) is 7.08. The number of esters is 1. The van der Waals surface area contributed by atoms with Crippen molar-refractivity contribution in [3.63, 3.8) is 0 Å². The fourth-order valence-corrected chi connectivity index (χ4v) is 3.85. The lowest BCUT2D eigenvalue weighted by Gasteiger charge is -2.17. The fourth-order valence-electron chi connectivity index (χ4n) is 3.29. The van der Waals surface area contributed by atoms with E-state index < -0.39 is 0 Å². The molecule has 0 aromatic carbocycles. The molecule has 9 nitrogen and oxygen atoms in total. The summed E-state index contributed by atoms with van der Waals surface area (Å²) in [4.78, 5) is 35.0. The van der Waals surface area contributed by atoms with Crippen molar-refractivity contribution in [3.8, 4) is 0 Å². The van der Waals surface area contributed by atoms with Gasteiger partial charge in [0.05, 0.1) is 31.2 Å². The van der Waals surface area contributed by atoms with Gasteiger partial charge in [-0.3, -0.25) is 9.59 Å². The summed E-state index contributed by atoms with van der Waals surface area (Å²) in [6, 6.07) is 0. The third-order valence-corrected chi connectivity index (χ3v) is 5.37. The molecule has 0 spiro atoms. The van der Waals surface area contributed by atoms with Gasteiger partial charge in [0.2, 0.25) is 5.91 Å². The molecule has 0 aliphatic carbocycles. The summed E-state index contributed by atoms with van der Waals surface area (Å²) in [5.41, 5.74) is 0.790. The molecule has 2 aromatic rings. The molecule has 1 amide bonds. The summed E-state index contributed by atoms with van der Waals surface area (Å²) in [6.07, 6.45) is 4.37. The predicted molar refractivity (Wildman–Crippen MR) is 112 cm³/mol. The Balaban J connectivity index is 1.65. The standard InChI is InChI=1S/C19H28N6O3S/c1-3-28-16(27)8-7-15(26)20-9-12-25-18-14(13-21-25)17(24-10-5-6-11-24)22-19(23-18)29-4-2/h13H,3-12H2,1-2H3,(H,20,26). The van der Waals surface area contributed by atoms with E-state index in [1.807, 2.05) is 10.9 Å². The third kappa shape index (κ3) is 5.59.